The van der Waals surface area contributed by atoms with Crippen LogP contribution in [0.2, 0.25) is 0 Å². The minimum absolute atomic E-state index is 0. The molecule has 2 rings (SSSR count). The predicted octanol–water partition coefficient (Wildman–Crippen LogP) is 1.67. The van der Waals surface area contributed by atoms with E-state index in [1.165, 1.54) is 4.90 Å². The third-order valence-corrected chi connectivity index (χ3v) is 3.50. The van der Waals surface area contributed by atoms with Gasteiger partial charge in [-0.15, -0.1) is 12.4 Å². The minimum atomic E-state index is -2.83. The number of hydrogen-bond acceptors (Lipinski definition) is 3. The molecule has 1 fully saturated rings. The lowest BCUT2D eigenvalue weighted by Gasteiger charge is -2.12. The van der Waals surface area contributed by atoms with Crippen molar-refractivity contribution in [3.8, 4) is 0 Å². The smallest absolute Gasteiger partial charge is 0.262 e. The number of halogens is 3. The maximum atomic E-state index is 13.1. The molecule has 0 aromatic heterocycles. The predicted molar refractivity (Wildman–Crippen MR) is 86.1 cm³/mol. The summed E-state index contributed by atoms with van der Waals surface area (Å²) in [6.45, 7) is -0.476. The Labute approximate surface area is 139 Å². The van der Waals surface area contributed by atoms with Crippen LogP contribution < -0.4 is 10.6 Å². The molecule has 1 aromatic carbocycles. The number of anilines is 1. The van der Waals surface area contributed by atoms with Gasteiger partial charge in [0.15, 0.2) is 0 Å². The molecule has 2 N–H and O–H groups in total. The number of alkyl halides is 2. The van der Waals surface area contributed by atoms with Gasteiger partial charge >= 0.3 is 0 Å². The lowest BCUT2D eigenvalue weighted by atomic mass is 10.1. The summed E-state index contributed by atoms with van der Waals surface area (Å²) < 4.78 is 26.1. The van der Waals surface area contributed by atoms with Gasteiger partial charge in [0.25, 0.3) is 5.92 Å². The number of carbonyl (C=O) groups is 2. The van der Waals surface area contributed by atoms with Crippen molar-refractivity contribution >= 4 is 29.9 Å². The van der Waals surface area contributed by atoms with Crippen molar-refractivity contribution < 1.29 is 18.4 Å². The fourth-order valence-electron chi connectivity index (χ4n) is 2.17. The van der Waals surface area contributed by atoms with E-state index < -0.39 is 30.8 Å². The normalized spacial score (nSPS) is 18.9. The first-order valence-electron chi connectivity index (χ1n) is 6.98. The highest BCUT2D eigenvalue weighted by molar-refractivity contribution is 5.95. The Morgan fingerprint density at radius 1 is 1.30 bits per heavy atom. The zero-order valence-electron chi connectivity index (χ0n) is 12.9. The van der Waals surface area contributed by atoms with Crippen molar-refractivity contribution in [2.45, 2.75) is 24.8 Å². The molecule has 0 saturated carbocycles. The minimum Gasteiger partial charge on any atom is -0.349 e. The van der Waals surface area contributed by atoms with Crippen LogP contribution in [0, 0.1) is 0 Å². The Morgan fingerprint density at radius 2 is 1.91 bits per heavy atom. The van der Waals surface area contributed by atoms with Crippen molar-refractivity contribution in [1.29, 1.82) is 0 Å². The number of benzene rings is 1. The van der Waals surface area contributed by atoms with Crippen LogP contribution in [0.1, 0.15) is 12.0 Å². The van der Waals surface area contributed by atoms with Crippen LogP contribution in [0.25, 0.3) is 0 Å². The van der Waals surface area contributed by atoms with Crippen LogP contribution >= 0.6 is 12.4 Å². The lowest BCUT2D eigenvalue weighted by Crippen LogP contribution is -2.35. The molecule has 1 heterocycles. The summed E-state index contributed by atoms with van der Waals surface area (Å²) in [6, 6.07) is 5.89. The summed E-state index contributed by atoms with van der Waals surface area (Å²) in [7, 11) is 3.36. The number of rotatable bonds is 4. The van der Waals surface area contributed by atoms with E-state index in [1.54, 1.807) is 38.4 Å². The van der Waals surface area contributed by atoms with Crippen molar-refractivity contribution in [1.82, 2.24) is 10.2 Å². The second-order valence-electron chi connectivity index (χ2n) is 5.64. The number of nitrogens with one attached hydrogen (secondary N) is 2. The lowest BCUT2D eigenvalue weighted by molar-refractivity contribution is -0.128. The van der Waals surface area contributed by atoms with E-state index in [1.807, 2.05) is 0 Å². The van der Waals surface area contributed by atoms with E-state index in [-0.39, 0.29) is 24.7 Å². The second kappa shape index (κ2) is 7.70. The summed E-state index contributed by atoms with van der Waals surface area (Å²) in [4.78, 5) is 25.0. The number of carbonyl (C=O) groups excluding carboxylic acids is 2. The summed E-state index contributed by atoms with van der Waals surface area (Å²) >= 11 is 0. The molecule has 0 spiro atoms. The summed E-state index contributed by atoms with van der Waals surface area (Å²) in [5.74, 6) is -3.33. The first-order valence-corrected chi connectivity index (χ1v) is 6.98. The Balaban J connectivity index is 0.00000264. The van der Waals surface area contributed by atoms with Gasteiger partial charge in [0.2, 0.25) is 11.8 Å². The molecule has 1 aliphatic rings. The molecule has 128 valence electrons. The molecule has 1 saturated heterocycles. The average Bonchev–Trinajstić information content (AvgIpc) is 2.81. The van der Waals surface area contributed by atoms with Gasteiger partial charge < -0.3 is 10.2 Å². The van der Waals surface area contributed by atoms with Crippen LogP contribution in [-0.4, -0.2) is 49.3 Å². The molecule has 8 heteroatoms. The van der Waals surface area contributed by atoms with Gasteiger partial charge in [0.05, 0.1) is 19.0 Å². The topological polar surface area (TPSA) is 61.4 Å². The van der Waals surface area contributed by atoms with Crippen LogP contribution in [0.3, 0.4) is 0 Å². The SMILES string of the molecule is CN(C)C(=O)Cc1ccc(NC(=O)C2CC(F)(F)CN2)cc1.Cl. The highest BCUT2D eigenvalue weighted by Crippen LogP contribution is 2.25. The standard InChI is InChI=1S/C15H19F2N3O2.ClH/c1-20(2)13(21)7-10-3-5-11(6-4-10)19-14(22)12-8-15(16,17)9-18-12;/h3-6,12,18H,7-9H2,1-2H3,(H,19,22);1H. The Hall–Kier alpha value is -1.73. The second-order valence-corrected chi connectivity index (χ2v) is 5.64. The van der Waals surface area contributed by atoms with E-state index in [2.05, 4.69) is 10.6 Å². The largest absolute Gasteiger partial charge is 0.349 e. The van der Waals surface area contributed by atoms with E-state index >= 15 is 0 Å². The number of nitrogens with zero attached hydrogens (tertiary/aromatic N) is 1. The van der Waals surface area contributed by atoms with E-state index in [9.17, 15) is 18.4 Å². The highest BCUT2D eigenvalue weighted by atomic mass is 35.5. The molecular formula is C15H20ClF2N3O2. The van der Waals surface area contributed by atoms with Crippen molar-refractivity contribution in [3.05, 3.63) is 29.8 Å². The molecule has 2 amide bonds. The Bertz CT molecular complexity index is 564. The van der Waals surface area contributed by atoms with Crippen LogP contribution in [0.15, 0.2) is 24.3 Å². The molecule has 1 unspecified atom stereocenters. The van der Waals surface area contributed by atoms with Gasteiger partial charge in [-0.05, 0) is 17.7 Å². The molecular weight excluding hydrogens is 328 g/mol. The monoisotopic (exact) mass is 347 g/mol. The van der Waals surface area contributed by atoms with Gasteiger partial charge in [0.1, 0.15) is 0 Å². The first-order chi connectivity index (χ1) is 10.3. The first kappa shape index (κ1) is 19.3. The molecule has 0 radical (unpaired) electrons. The highest BCUT2D eigenvalue weighted by Gasteiger charge is 2.42. The number of amides is 2. The van der Waals surface area contributed by atoms with E-state index in [4.69, 9.17) is 0 Å². The van der Waals surface area contributed by atoms with Crippen LogP contribution in [0.5, 0.6) is 0 Å². The van der Waals surface area contributed by atoms with Gasteiger partial charge in [0, 0.05) is 26.2 Å². The van der Waals surface area contributed by atoms with Gasteiger partial charge in [-0.1, -0.05) is 12.1 Å². The van der Waals surface area contributed by atoms with Crippen LogP contribution in [0.4, 0.5) is 14.5 Å². The van der Waals surface area contributed by atoms with Crippen molar-refractivity contribution in [3.63, 3.8) is 0 Å². The molecule has 23 heavy (non-hydrogen) atoms. The van der Waals surface area contributed by atoms with E-state index in [0.29, 0.717) is 5.69 Å². The third-order valence-electron chi connectivity index (χ3n) is 3.50. The third kappa shape index (κ3) is 5.44. The van der Waals surface area contributed by atoms with E-state index in [0.717, 1.165) is 5.56 Å². The zero-order valence-corrected chi connectivity index (χ0v) is 13.8. The fourth-order valence-corrected chi connectivity index (χ4v) is 2.17. The summed E-state index contributed by atoms with van der Waals surface area (Å²) in [5, 5.41) is 5.10. The molecule has 1 aliphatic heterocycles. The maximum Gasteiger partial charge on any atom is 0.262 e. The van der Waals surface area contributed by atoms with Gasteiger partial charge in [-0.3, -0.25) is 14.9 Å². The summed E-state index contributed by atoms with van der Waals surface area (Å²) in [5.41, 5.74) is 1.34. The fraction of sp³-hybridized carbons (Fsp3) is 0.467. The zero-order chi connectivity index (χ0) is 16.3. The molecule has 5 nitrogen and oxygen atoms in total. The molecule has 1 aromatic rings. The van der Waals surface area contributed by atoms with Crippen molar-refractivity contribution in [2.75, 3.05) is 26.0 Å². The summed E-state index contributed by atoms with van der Waals surface area (Å²) in [6.07, 6.45) is -0.216. The average molecular weight is 348 g/mol. The van der Waals surface area contributed by atoms with Crippen molar-refractivity contribution in [2.24, 2.45) is 0 Å². The Morgan fingerprint density at radius 3 is 2.39 bits per heavy atom. The molecule has 1 atom stereocenters. The van der Waals surface area contributed by atoms with Gasteiger partial charge in [-0.2, -0.15) is 0 Å². The number of likely N-dealkylation sites (N-methyl/N-ethyl adjacent to an activating group) is 1. The quantitative estimate of drug-likeness (QED) is 0.871. The number of hydrogen-bond donors (Lipinski definition) is 2. The molecule has 0 bridgehead atoms. The molecule has 0 aliphatic carbocycles. The van der Waals surface area contributed by atoms with Gasteiger partial charge in [-0.25, -0.2) is 8.78 Å². The Kier molecular flexibility index (Phi) is 6.47. The van der Waals surface area contributed by atoms with Crippen LogP contribution in [-0.2, 0) is 16.0 Å². The maximum absolute atomic E-state index is 13.1.